The molecule has 1 saturated heterocycles. The number of esters is 1. The van der Waals surface area contributed by atoms with E-state index in [0.717, 1.165) is 44.0 Å². The van der Waals surface area contributed by atoms with Crippen LogP contribution in [0.15, 0.2) is 59.6 Å². The highest BCUT2D eigenvalue weighted by Gasteiger charge is 2.22. The smallest absolute Gasteiger partial charge is 0.330 e. The topological polar surface area (TPSA) is 113 Å². The molecule has 40 heavy (non-hydrogen) atoms. The maximum absolute atomic E-state index is 12.7. The minimum absolute atomic E-state index is 0.306. The monoisotopic (exact) mass is 546 g/mol. The zero-order valence-electron chi connectivity index (χ0n) is 23.4. The molecular weight excluding hydrogens is 510 g/mol. The van der Waals surface area contributed by atoms with Crippen molar-refractivity contribution >= 4 is 24.0 Å². The molecule has 2 aromatic rings. The van der Waals surface area contributed by atoms with Gasteiger partial charge < -0.3 is 24.6 Å². The third-order valence-electron chi connectivity index (χ3n) is 5.80. The van der Waals surface area contributed by atoms with Crippen LogP contribution >= 0.6 is 0 Å². The predicted molar refractivity (Wildman–Crippen MR) is 151 cm³/mol. The van der Waals surface area contributed by atoms with Crippen LogP contribution in [0.3, 0.4) is 0 Å². The third-order valence-corrected chi connectivity index (χ3v) is 5.80. The lowest BCUT2D eigenvalue weighted by atomic mass is 10.1. The second kappa shape index (κ2) is 14.9. The minimum atomic E-state index is -1.14. The van der Waals surface area contributed by atoms with Gasteiger partial charge >= 0.3 is 5.97 Å². The van der Waals surface area contributed by atoms with Crippen LogP contribution in [0.1, 0.15) is 47.8 Å². The highest BCUT2D eigenvalue weighted by Crippen LogP contribution is 2.11. The lowest BCUT2D eigenvalue weighted by Gasteiger charge is -2.29. The largest absolute Gasteiger partial charge is 0.595 e. The quantitative estimate of drug-likeness (QED) is 0.234. The second-order valence-electron chi connectivity index (χ2n) is 10.2. The predicted octanol–water partition coefficient (Wildman–Crippen LogP) is 2.39. The molecule has 1 heterocycles. The Morgan fingerprint density at radius 2 is 1.80 bits per heavy atom. The second-order valence-corrected chi connectivity index (χ2v) is 10.2. The first-order chi connectivity index (χ1) is 19.1. The van der Waals surface area contributed by atoms with Crippen molar-refractivity contribution in [3.05, 3.63) is 76.9 Å². The number of rotatable bonds is 8. The van der Waals surface area contributed by atoms with Gasteiger partial charge in [-0.3, -0.25) is 14.7 Å². The fraction of sp³-hybridized carbons (Fsp3) is 0.387. The van der Waals surface area contributed by atoms with E-state index in [1.165, 1.54) is 12.7 Å². The molecule has 0 radical (unpaired) electrons. The molecule has 212 valence electrons. The van der Waals surface area contributed by atoms with E-state index in [1.807, 2.05) is 6.08 Å². The number of nitrogens with zero attached hydrogens (tertiary/aromatic N) is 2. The first kappa shape index (κ1) is 30.4. The summed E-state index contributed by atoms with van der Waals surface area (Å²) < 4.78 is 15.2. The van der Waals surface area contributed by atoms with E-state index in [4.69, 9.17) is 14.2 Å². The lowest BCUT2D eigenvalue weighted by molar-refractivity contribution is -0.260. The number of carbonyl (C=O) groups excluding carboxylic acids is 2. The molecule has 0 spiro atoms. The number of hydrogen-bond acceptors (Lipinski definition) is 8. The number of carbonyl (C=O) groups is 2. The molecule has 1 fully saturated rings. The van der Waals surface area contributed by atoms with E-state index in [2.05, 4.69) is 51.3 Å². The highest BCUT2D eigenvalue weighted by atomic mass is 16.6. The Kier molecular flexibility index (Phi) is 11.3. The van der Waals surface area contributed by atoms with Gasteiger partial charge in [-0.1, -0.05) is 56.9 Å². The van der Waals surface area contributed by atoms with E-state index < -0.39 is 29.6 Å². The van der Waals surface area contributed by atoms with E-state index >= 15 is 0 Å². The molecule has 3 rings (SSSR count). The van der Waals surface area contributed by atoms with Crippen LogP contribution in [-0.4, -0.2) is 74.5 Å². The average molecular weight is 547 g/mol. The molecular formula is C31H36N3O6-. The first-order valence-electron chi connectivity index (χ1n) is 13.1. The third kappa shape index (κ3) is 10.6. The Morgan fingerprint density at radius 1 is 1.12 bits per heavy atom. The summed E-state index contributed by atoms with van der Waals surface area (Å²) in [5.41, 5.74) is 2.66. The normalized spacial score (nSPS) is 15.2. The molecule has 1 atom stereocenters. The number of amides is 1. The summed E-state index contributed by atoms with van der Waals surface area (Å²) in [6.07, 6.45) is 2.91. The van der Waals surface area contributed by atoms with Gasteiger partial charge in [0.05, 0.1) is 26.9 Å². The molecule has 1 aliphatic rings. The van der Waals surface area contributed by atoms with Gasteiger partial charge in [-0.15, -0.1) is 0 Å². The zero-order chi connectivity index (χ0) is 29.0. The van der Waals surface area contributed by atoms with Crippen LogP contribution in [0, 0.1) is 11.8 Å². The van der Waals surface area contributed by atoms with Crippen molar-refractivity contribution in [3.63, 3.8) is 0 Å². The molecule has 0 aromatic heterocycles. The number of morpholine rings is 1. The van der Waals surface area contributed by atoms with Gasteiger partial charge in [0.25, 0.3) is 5.91 Å². The zero-order valence-corrected chi connectivity index (χ0v) is 23.4. The Hall–Kier alpha value is -4.13. The number of hydrogen-bond donors (Lipinski definition) is 1. The fourth-order valence-corrected chi connectivity index (χ4v) is 3.74. The summed E-state index contributed by atoms with van der Waals surface area (Å²) in [5.74, 6) is 4.82. The number of ether oxygens (including phenoxy) is 3. The Bertz CT molecular complexity index is 1250. The Morgan fingerprint density at radius 3 is 2.42 bits per heavy atom. The maximum Gasteiger partial charge on any atom is 0.330 e. The van der Waals surface area contributed by atoms with Crippen LogP contribution in [0.4, 0.5) is 0 Å². The molecule has 1 amide bonds. The lowest BCUT2D eigenvalue weighted by Crippen LogP contribution is -2.44. The molecule has 0 aliphatic carbocycles. The number of nitrogens with one attached hydrogen (secondary N) is 1. The van der Waals surface area contributed by atoms with Crippen molar-refractivity contribution in [3.8, 4) is 11.8 Å². The fourth-order valence-electron chi connectivity index (χ4n) is 3.74. The van der Waals surface area contributed by atoms with Crippen LogP contribution in [0.5, 0.6) is 0 Å². The van der Waals surface area contributed by atoms with Gasteiger partial charge in [0.2, 0.25) is 0 Å². The number of benzene rings is 2. The van der Waals surface area contributed by atoms with Crippen molar-refractivity contribution in [1.82, 2.24) is 10.2 Å². The highest BCUT2D eigenvalue weighted by molar-refractivity contribution is 5.97. The summed E-state index contributed by atoms with van der Waals surface area (Å²) in [6, 6.07) is 13.9. The van der Waals surface area contributed by atoms with Gasteiger partial charge in [0, 0.05) is 36.4 Å². The summed E-state index contributed by atoms with van der Waals surface area (Å²) in [6.45, 7) is 9.24. The van der Waals surface area contributed by atoms with Gasteiger partial charge in [-0.2, -0.15) is 0 Å². The van der Waals surface area contributed by atoms with Crippen LogP contribution < -0.4 is 10.4 Å². The van der Waals surface area contributed by atoms with Crippen LogP contribution in [0.25, 0.3) is 6.08 Å². The Labute approximate surface area is 235 Å². The number of methoxy groups -OCH3 is 1. The van der Waals surface area contributed by atoms with Gasteiger partial charge in [0.15, 0.2) is 0 Å². The van der Waals surface area contributed by atoms with E-state index in [9.17, 15) is 14.7 Å². The first-order valence-corrected chi connectivity index (χ1v) is 13.1. The summed E-state index contributed by atoms with van der Waals surface area (Å²) in [4.78, 5) is 30.9. The van der Waals surface area contributed by atoms with Crippen molar-refractivity contribution in [2.24, 2.45) is 4.99 Å². The molecule has 1 N–H and O–H groups in total. The summed E-state index contributed by atoms with van der Waals surface area (Å²) >= 11 is 0. The summed E-state index contributed by atoms with van der Waals surface area (Å²) in [5, 5.41) is 14.4. The molecule has 0 bridgehead atoms. The van der Waals surface area contributed by atoms with E-state index in [1.54, 1.807) is 51.1 Å². The van der Waals surface area contributed by atoms with Crippen molar-refractivity contribution in [2.45, 2.75) is 39.0 Å². The van der Waals surface area contributed by atoms with Gasteiger partial charge in [-0.05, 0) is 47.5 Å². The van der Waals surface area contributed by atoms with E-state index in [-0.39, 0.29) is 6.54 Å². The maximum atomic E-state index is 12.7. The number of allylic oxidation sites excluding steroid dienone is 1. The van der Waals surface area contributed by atoms with Gasteiger partial charge in [0.1, 0.15) is 12.1 Å². The summed E-state index contributed by atoms with van der Waals surface area (Å²) in [7, 11) is 1.19. The average Bonchev–Trinajstić information content (AvgIpc) is 2.93. The molecule has 9 heteroatoms. The van der Waals surface area contributed by atoms with Crippen LogP contribution in [-0.2, 0) is 25.5 Å². The van der Waals surface area contributed by atoms with Crippen molar-refractivity contribution in [1.29, 1.82) is 0 Å². The van der Waals surface area contributed by atoms with E-state index in [0.29, 0.717) is 5.56 Å². The Balaban J connectivity index is 1.53. The van der Waals surface area contributed by atoms with Crippen LogP contribution in [0.2, 0.25) is 0 Å². The number of aliphatic imine (C=N–C) groups is 1. The minimum Gasteiger partial charge on any atom is -0.595 e. The van der Waals surface area contributed by atoms with Crippen molar-refractivity contribution < 1.29 is 28.9 Å². The molecule has 0 unspecified atom stereocenters. The molecule has 9 nitrogen and oxygen atoms in total. The molecule has 2 aromatic carbocycles. The van der Waals surface area contributed by atoms with Crippen molar-refractivity contribution in [2.75, 3.05) is 40.0 Å². The standard InChI is InChI=1S/C31H37N3O6/c1-31(2,3)40-30(37)32-21-27(29(36)38-4)33-28(35)26-15-13-24(14-16-26)8-6-5-7-23-9-11-25(12-10-23)22-34-17-19-39-20-18-34/h5,7,9-16,27H,17-22H2,1-4H3,(H,32,37)(H,33,35)/p-1/b7-5-/t27-/m0/s1. The molecule has 1 aliphatic heterocycles. The van der Waals surface area contributed by atoms with Gasteiger partial charge in [-0.25, -0.2) is 4.79 Å². The molecule has 0 saturated carbocycles. The SMILES string of the molecule is COC(=O)[C@H](CN=C([O-])OC(C)(C)C)NC(=O)c1ccc(C#C/C=C\c2ccc(CN3CCOCC3)cc2)cc1.